The summed E-state index contributed by atoms with van der Waals surface area (Å²) in [5, 5.41) is 11.6. The summed E-state index contributed by atoms with van der Waals surface area (Å²) < 4.78 is 39.7. The lowest BCUT2D eigenvalue weighted by Crippen LogP contribution is -2.23. The lowest BCUT2D eigenvalue weighted by atomic mass is 10.1. The highest BCUT2D eigenvalue weighted by molar-refractivity contribution is 5.78. The van der Waals surface area contributed by atoms with Gasteiger partial charge in [-0.1, -0.05) is 24.3 Å². The van der Waals surface area contributed by atoms with E-state index in [-0.39, 0.29) is 23.7 Å². The van der Waals surface area contributed by atoms with Gasteiger partial charge in [-0.25, -0.2) is 0 Å². The van der Waals surface area contributed by atoms with Crippen molar-refractivity contribution in [1.82, 2.24) is 4.90 Å². The molecule has 1 saturated heterocycles. The quantitative estimate of drug-likeness (QED) is 0.850. The second-order valence-electron chi connectivity index (χ2n) is 6.46. The Kier molecular flexibility index (Phi) is 5.36. The number of hydrogen-bond donors (Lipinski definition) is 1. The molecule has 1 aliphatic heterocycles. The Hall–Kier alpha value is -3.01. The second-order valence-corrected chi connectivity index (χ2v) is 6.46. The minimum absolute atomic E-state index is 0.0369. The molecule has 0 spiro atoms. The third-order valence-electron chi connectivity index (χ3n) is 4.47. The fraction of sp³-hybridized carbons (Fsp3) is 0.300. The van der Waals surface area contributed by atoms with E-state index in [9.17, 15) is 18.0 Å². The first kappa shape index (κ1) is 18.8. The predicted molar refractivity (Wildman–Crippen MR) is 94.6 cm³/mol. The SMILES string of the molecule is N#Cc1ccc(NCc2cccc(CN3CCCC3=O)c2)c(C(F)(F)F)c1. The summed E-state index contributed by atoms with van der Waals surface area (Å²) in [5.74, 6) is 0.130. The number of amides is 1. The fourth-order valence-corrected chi connectivity index (χ4v) is 3.13. The van der Waals surface area contributed by atoms with Crippen LogP contribution in [-0.2, 0) is 24.1 Å². The molecule has 0 aliphatic carbocycles. The van der Waals surface area contributed by atoms with E-state index in [1.807, 2.05) is 24.3 Å². The van der Waals surface area contributed by atoms with Crippen LogP contribution in [-0.4, -0.2) is 17.4 Å². The molecule has 2 aromatic rings. The standard InChI is InChI=1S/C20H18F3N3O/c21-20(22,23)17-10-14(11-24)6-7-18(17)25-12-15-3-1-4-16(9-15)13-26-8-2-5-19(26)27/h1,3-4,6-7,9-10,25H,2,5,8,12-13H2. The highest BCUT2D eigenvalue weighted by atomic mass is 19.4. The summed E-state index contributed by atoms with van der Waals surface area (Å²) in [7, 11) is 0. The molecule has 0 saturated carbocycles. The number of hydrogen-bond acceptors (Lipinski definition) is 3. The van der Waals surface area contributed by atoms with E-state index in [1.54, 1.807) is 11.0 Å². The Morgan fingerprint density at radius 2 is 1.93 bits per heavy atom. The number of rotatable bonds is 5. The normalized spacial score (nSPS) is 14.3. The maximum absolute atomic E-state index is 13.2. The van der Waals surface area contributed by atoms with E-state index in [4.69, 9.17) is 5.26 Å². The van der Waals surface area contributed by atoms with E-state index in [0.717, 1.165) is 30.2 Å². The van der Waals surface area contributed by atoms with Crippen LogP contribution in [0.2, 0.25) is 0 Å². The number of nitriles is 1. The van der Waals surface area contributed by atoms with Gasteiger partial charge in [0.1, 0.15) is 0 Å². The van der Waals surface area contributed by atoms with Crippen molar-refractivity contribution in [2.75, 3.05) is 11.9 Å². The topological polar surface area (TPSA) is 56.1 Å². The molecule has 27 heavy (non-hydrogen) atoms. The van der Waals surface area contributed by atoms with Crippen LogP contribution in [0, 0.1) is 11.3 Å². The van der Waals surface area contributed by atoms with Crippen LogP contribution in [0.15, 0.2) is 42.5 Å². The maximum Gasteiger partial charge on any atom is 0.418 e. The van der Waals surface area contributed by atoms with Gasteiger partial charge in [-0.05, 0) is 35.7 Å². The van der Waals surface area contributed by atoms with Gasteiger partial charge in [0.05, 0.1) is 17.2 Å². The number of nitrogens with zero attached hydrogens (tertiary/aromatic N) is 2. The summed E-state index contributed by atoms with van der Waals surface area (Å²) >= 11 is 0. The maximum atomic E-state index is 13.2. The van der Waals surface area contributed by atoms with Crippen molar-refractivity contribution in [1.29, 1.82) is 5.26 Å². The van der Waals surface area contributed by atoms with Crippen molar-refractivity contribution in [3.8, 4) is 6.07 Å². The van der Waals surface area contributed by atoms with E-state index < -0.39 is 11.7 Å². The minimum Gasteiger partial charge on any atom is -0.380 e. The molecule has 3 rings (SSSR count). The third-order valence-corrected chi connectivity index (χ3v) is 4.47. The summed E-state index contributed by atoms with van der Waals surface area (Å²) in [4.78, 5) is 13.5. The van der Waals surface area contributed by atoms with Crippen LogP contribution in [0.25, 0.3) is 0 Å². The van der Waals surface area contributed by atoms with Crippen molar-refractivity contribution in [3.05, 3.63) is 64.7 Å². The summed E-state index contributed by atoms with van der Waals surface area (Å²) in [5.41, 5.74) is 0.796. The van der Waals surface area contributed by atoms with Crippen molar-refractivity contribution < 1.29 is 18.0 Å². The van der Waals surface area contributed by atoms with E-state index >= 15 is 0 Å². The van der Waals surface area contributed by atoms with Crippen molar-refractivity contribution in [3.63, 3.8) is 0 Å². The van der Waals surface area contributed by atoms with Gasteiger partial charge in [-0.2, -0.15) is 18.4 Å². The van der Waals surface area contributed by atoms with Gasteiger partial charge in [-0.15, -0.1) is 0 Å². The largest absolute Gasteiger partial charge is 0.418 e. The lowest BCUT2D eigenvalue weighted by Gasteiger charge is -2.17. The van der Waals surface area contributed by atoms with Gasteiger partial charge in [0, 0.05) is 31.7 Å². The Bertz CT molecular complexity index is 887. The number of benzene rings is 2. The molecule has 140 valence electrons. The molecule has 1 fully saturated rings. The first-order chi connectivity index (χ1) is 12.9. The number of halogens is 3. The van der Waals surface area contributed by atoms with Crippen LogP contribution in [0.1, 0.15) is 35.1 Å². The number of likely N-dealkylation sites (tertiary alicyclic amines) is 1. The van der Waals surface area contributed by atoms with Crippen LogP contribution < -0.4 is 5.32 Å². The highest BCUT2D eigenvalue weighted by Crippen LogP contribution is 2.35. The van der Waals surface area contributed by atoms with Gasteiger partial charge < -0.3 is 10.2 Å². The van der Waals surface area contributed by atoms with Crippen LogP contribution in [0.5, 0.6) is 0 Å². The summed E-state index contributed by atoms with van der Waals surface area (Å²) in [6, 6.07) is 12.6. The molecule has 1 N–H and O–H groups in total. The molecule has 1 amide bonds. The van der Waals surface area contributed by atoms with Crippen molar-refractivity contribution in [2.24, 2.45) is 0 Å². The molecule has 0 bridgehead atoms. The lowest BCUT2D eigenvalue weighted by molar-refractivity contribution is -0.137. The molecule has 0 unspecified atom stereocenters. The third kappa shape index (κ3) is 4.59. The van der Waals surface area contributed by atoms with Gasteiger partial charge in [-0.3, -0.25) is 4.79 Å². The first-order valence-electron chi connectivity index (χ1n) is 8.57. The zero-order chi connectivity index (χ0) is 19.4. The molecule has 7 heteroatoms. The monoisotopic (exact) mass is 373 g/mol. The van der Waals surface area contributed by atoms with Gasteiger partial charge >= 0.3 is 6.18 Å². The zero-order valence-electron chi connectivity index (χ0n) is 14.5. The fourth-order valence-electron chi connectivity index (χ4n) is 3.13. The Balaban J connectivity index is 1.73. The molecule has 1 heterocycles. The number of carbonyl (C=O) groups is 1. The number of carbonyl (C=O) groups excluding carboxylic acids is 1. The van der Waals surface area contributed by atoms with Gasteiger partial charge in [0.15, 0.2) is 0 Å². The average Bonchev–Trinajstić information content (AvgIpc) is 3.04. The number of nitrogens with one attached hydrogen (secondary N) is 1. The van der Waals surface area contributed by atoms with E-state index in [2.05, 4.69) is 5.32 Å². The van der Waals surface area contributed by atoms with Gasteiger partial charge in [0.2, 0.25) is 5.91 Å². The van der Waals surface area contributed by atoms with E-state index in [1.165, 1.54) is 12.1 Å². The predicted octanol–water partition coefficient (Wildman–Crippen LogP) is 4.31. The van der Waals surface area contributed by atoms with Crippen LogP contribution in [0.3, 0.4) is 0 Å². The Morgan fingerprint density at radius 1 is 1.15 bits per heavy atom. The molecule has 0 aromatic heterocycles. The molecule has 0 atom stereocenters. The highest BCUT2D eigenvalue weighted by Gasteiger charge is 2.33. The molecule has 2 aromatic carbocycles. The average molecular weight is 373 g/mol. The first-order valence-corrected chi connectivity index (χ1v) is 8.57. The van der Waals surface area contributed by atoms with Gasteiger partial charge in [0.25, 0.3) is 0 Å². The van der Waals surface area contributed by atoms with Crippen LogP contribution in [0.4, 0.5) is 18.9 Å². The molecular weight excluding hydrogens is 355 g/mol. The Morgan fingerprint density at radius 3 is 2.59 bits per heavy atom. The van der Waals surface area contributed by atoms with Crippen molar-refractivity contribution in [2.45, 2.75) is 32.1 Å². The minimum atomic E-state index is -4.55. The summed E-state index contributed by atoms with van der Waals surface area (Å²) in [6.07, 6.45) is -3.12. The molecule has 0 radical (unpaired) electrons. The number of anilines is 1. The van der Waals surface area contributed by atoms with Crippen LogP contribution >= 0.6 is 0 Å². The van der Waals surface area contributed by atoms with Crippen molar-refractivity contribution >= 4 is 11.6 Å². The summed E-state index contributed by atoms with van der Waals surface area (Å²) in [6.45, 7) is 1.45. The molecular formula is C20H18F3N3O. The zero-order valence-corrected chi connectivity index (χ0v) is 14.5. The number of alkyl halides is 3. The Labute approximate surface area is 155 Å². The smallest absolute Gasteiger partial charge is 0.380 e. The molecule has 1 aliphatic rings. The molecule has 4 nitrogen and oxygen atoms in total. The second kappa shape index (κ2) is 7.70. The van der Waals surface area contributed by atoms with E-state index in [0.29, 0.717) is 13.0 Å².